The fourth-order valence-electron chi connectivity index (χ4n) is 1.43. The normalized spacial score (nSPS) is 19.3. The SMILES string of the molecule is C/C(=N\OCCN1CCCC1)C(C)C. The van der Waals surface area contributed by atoms with Gasteiger partial charge < -0.3 is 4.84 Å². The van der Waals surface area contributed by atoms with Crippen LogP contribution in [0.2, 0.25) is 0 Å². The second kappa shape index (κ2) is 6.02. The Morgan fingerprint density at radius 3 is 2.57 bits per heavy atom. The lowest BCUT2D eigenvalue weighted by Gasteiger charge is -2.13. The minimum atomic E-state index is 0.488. The van der Waals surface area contributed by atoms with Crippen LogP contribution < -0.4 is 0 Å². The molecule has 0 aliphatic carbocycles. The van der Waals surface area contributed by atoms with Crippen LogP contribution in [0.3, 0.4) is 0 Å². The van der Waals surface area contributed by atoms with Crippen molar-refractivity contribution >= 4 is 5.71 Å². The predicted octanol–water partition coefficient (Wildman–Crippen LogP) is 2.13. The number of hydrogen-bond acceptors (Lipinski definition) is 3. The van der Waals surface area contributed by atoms with Crippen LogP contribution in [0.1, 0.15) is 33.6 Å². The molecule has 0 amide bonds. The molecule has 0 atom stereocenters. The summed E-state index contributed by atoms with van der Waals surface area (Å²) in [5, 5.41) is 4.07. The van der Waals surface area contributed by atoms with Gasteiger partial charge in [0.1, 0.15) is 6.61 Å². The van der Waals surface area contributed by atoms with Crippen molar-refractivity contribution in [3.05, 3.63) is 0 Å². The molecule has 3 heteroatoms. The van der Waals surface area contributed by atoms with E-state index in [9.17, 15) is 0 Å². The van der Waals surface area contributed by atoms with Crippen molar-refractivity contribution in [2.24, 2.45) is 11.1 Å². The van der Waals surface area contributed by atoms with Gasteiger partial charge in [0.15, 0.2) is 0 Å². The van der Waals surface area contributed by atoms with Crippen LogP contribution in [0.4, 0.5) is 0 Å². The fraction of sp³-hybridized carbons (Fsp3) is 0.909. The first kappa shape index (κ1) is 11.5. The summed E-state index contributed by atoms with van der Waals surface area (Å²) >= 11 is 0. The number of hydrogen-bond donors (Lipinski definition) is 0. The molecule has 82 valence electrons. The molecule has 0 aromatic rings. The largest absolute Gasteiger partial charge is 0.394 e. The maximum atomic E-state index is 5.26. The smallest absolute Gasteiger partial charge is 0.129 e. The minimum Gasteiger partial charge on any atom is -0.394 e. The van der Waals surface area contributed by atoms with Gasteiger partial charge in [0.05, 0.1) is 5.71 Å². The highest BCUT2D eigenvalue weighted by Gasteiger charge is 2.10. The third-order valence-corrected chi connectivity index (χ3v) is 2.74. The molecule has 0 radical (unpaired) electrons. The summed E-state index contributed by atoms with van der Waals surface area (Å²) < 4.78 is 0. The highest BCUT2D eigenvalue weighted by Crippen LogP contribution is 2.06. The van der Waals surface area contributed by atoms with Gasteiger partial charge in [0, 0.05) is 6.54 Å². The van der Waals surface area contributed by atoms with Crippen molar-refractivity contribution < 1.29 is 4.84 Å². The number of nitrogens with zero attached hydrogens (tertiary/aromatic N) is 2. The maximum Gasteiger partial charge on any atom is 0.129 e. The standard InChI is InChI=1S/C11H22N2O/c1-10(2)11(3)12-14-9-8-13-6-4-5-7-13/h10H,4-9H2,1-3H3/b12-11+. The monoisotopic (exact) mass is 198 g/mol. The molecule has 0 spiro atoms. The van der Waals surface area contributed by atoms with E-state index in [1.165, 1.54) is 25.9 Å². The van der Waals surface area contributed by atoms with Crippen LogP contribution in [0.5, 0.6) is 0 Å². The molecule has 14 heavy (non-hydrogen) atoms. The molecule has 1 heterocycles. The van der Waals surface area contributed by atoms with E-state index in [-0.39, 0.29) is 0 Å². The average Bonchev–Trinajstić information content (AvgIpc) is 2.64. The molecular formula is C11H22N2O. The summed E-state index contributed by atoms with van der Waals surface area (Å²) in [5.74, 6) is 0.488. The Hall–Kier alpha value is -0.570. The first-order valence-corrected chi connectivity index (χ1v) is 5.59. The summed E-state index contributed by atoms with van der Waals surface area (Å²) in [4.78, 5) is 7.70. The Bertz CT molecular complexity index is 184. The van der Waals surface area contributed by atoms with E-state index in [2.05, 4.69) is 23.9 Å². The third-order valence-electron chi connectivity index (χ3n) is 2.74. The van der Waals surface area contributed by atoms with E-state index in [1.54, 1.807) is 0 Å². The zero-order chi connectivity index (χ0) is 10.4. The molecule has 3 nitrogen and oxygen atoms in total. The van der Waals surface area contributed by atoms with Crippen molar-refractivity contribution in [1.82, 2.24) is 4.90 Å². The summed E-state index contributed by atoms with van der Waals surface area (Å²) in [6.07, 6.45) is 2.68. The molecule has 1 aliphatic rings. The van der Waals surface area contributed by atoms with Gasteiger partial charge in [-0.1, -0.05) is 19.0 Å². The second-order valence-corrected chi connectivity index (χ2v) is 4.27. The van der Waals surface area contributed by atoms with Crippen LogP contribution >= 0.6 is 0 Å². The summed E-state index contributed by atoms with van der Waals surface area (Å²) in [6, 6.07) is 0. The molecule has 1 aliphatic heterocycles. The predicted molar refractivity (Wildman–Crippen MR) is 59.6 cm³/mol. The lowest BCUT2D eigenvalue weighted by atomic mass is 10.1. The van der Waals surface area contributed by atoms with E-state index in [4.69, 9.17) is 4.84 Å². The van der Waals surface area contributed by atoms with Crippen LogP contribution in [-0.2, 0) is 4.84 Å². The van der Waals surface area contributed by atoms with Gasteiger partial charge in [-0.15, -0.1) is 0 Å². The molecule has 0 aromatic carbocycles. The maximum absolute atomic E-state index is 5.26. The lowest BCUT2D eigenvalue weighted by molar-refractivity contribution is 0.117. The van der Waals surface area contributed by atoms with Crippen molar-refractivity contribution in [3.63, 3.8) is 0 Å². The topological polar surface area (TPSA) is 24.8 Å². The average molecular weight is 198 g/mol. The van der Waals surface area contributed by atoms with Gasteiger partial charge in [-0.2, -0.15) is 0 Å². The highest BCUT2D eigenvalue weighted by atomic mass is 16.6. The molecular weight excluding hydrogens is 176 g/mol. The molecule has 1 fully saturated rings. The fourth-order valence-corrected chi connectivity index (χ4v) is 1.43. The number of oxime groups is 1. The summed E-state index contributed by atoms with van der Waals surface area (Å²) in [6.45, 7) is 10.5. The van der Waals surface area contributed by atoms with Crippen LogP contribution in [0, 0.1) is 5.92 Å². The number of likely N-dealkylation sites (tertiary alicyclic amines) is 1. The Morgan fingerprint density at radius 2 is 2.00 bits per heavy atom. The van der Waals surface area contributed by atoms with Gasteiger partial charge >= 0.3 is 0 Å². The lowest BCUT2D eigenvalue weighted by Crippen LogP contribution is -2.23. The Kier molecular flexibility index (Phi) is 4.94. The molecule has 0 bridgehead atoms. The summed E-state index contributed by atoms with van der Waals surface area (Å²) in [7, 11) is 0. The van der Waals surface area contributed by atoms with Gasteiger partial charge in [-0.3, -0.25) is 4.90 Å². The van der Waals surface area contributed by atoms with Crippen molar-refractivity contribution in [1.29, 1.82) is 0 Å². The van der Waals surface area contributed by atoms with Crippen molar-refractivity contribution in [2.45, 2.75) is 33.6 Å². The Morgan fingerprint density at radius 1 is 1.36 bits per heavy atom. The zero-order valence-electron chi connectivity index (χ0n) is 9.62. The molecule has 1 saturated heterocycles. The van der Waals surface area contributed by atoms with Crippen molar-refractivity contribution in [2.75, 3.05) is 26.2 Å². The quantitative estimate of drug-likeness (QED) is 0.384. The third kappa shape index (κ3) is 4.09. The van der Waals surface area contributed by atoms with Gasteiger partial charge in [0.25, 0.3) is 0 Å². The van der Waals surface area contributed by atoms with E-state index >= 15 is 0 Å². The molecule has 0 unspecified atom stereocenters. The van der Waals surface area contributed by atoms with E-state index in [0.29, 0.717) is 5.92 Å². The van der Waals surface area contributed by atoms with Gasteiger partial charge in [0.2, 0.25) is 0 Å². The van der Waals surface area contributed by atoms with Crippen LogP contribution in [-0.4, -0.2) is 36.9 Å². The summed E-state index contributed by atoms with van der Waals surface area (Å²) in [5.41, 5.74) is 1.08. The first-order valence-electron chi connectivity index (χ1n) is 5.59. The molecule has 0 aromatic heterocycles. The van der Waals surface area contributed by atoms with Crippen molar-refractivity contribution in [3.8, 4) is 0 Å². The van der Waals surface area contributed by atoms with Gasteiger partial charge in [-0.25, -0.2) is 0 Å². The van der Waals surface area contributed by atoms with Crippen LogP contribution in [0.25, 0.3) is 0 Å². The van der Waals surface area contributed by atoms with E-state index < -0.39 is 0 Å². The minimum absolute atomic E-state index is 0.488. The highest BCUT2D eigenvalue weighted by molar-refractivity contribution is 5.83. The Labute approximate surface area is 87.1 Å². The van der Waals surface area contributed by atoms with Crippen LogP contribution in [0.15, 0.2) is 5.16 Å². The molecule has 1 rings (SSSR count). The zero-order valence-corrected chi connectivity index (χ0v) is 9.62. The number of rotatable bonds is 5. The van der Waals surface area contributed by atoms with E-state index in [1.807, 2.05) is 6.92 Å². The van der Waals surface area contributed by atoms with E-state index in [0.717, 1.165) is 18.9 Å². The Balaban J connectivity index is 2.06. The molecule has 0 saturated carbocycles. The van der Waals surface area contributed by atoms with Gasteiger partial charge in [-0.05, 0) is 38.8 Å². The molecule has 0 N–H and O–H groups in total. The second-order valence-electron chi connectivity index (χ2n) is 4.27. The first-order chi connectivity index (χ1) is 6.70.